The summed E-state index contributed by atoms with van der Waals surface area (Å²) in [5.74, 6) is 3.38. The summed E-state index contributed by atoms with van der Waals surface area (Å²) in [6.45, 7) is 0.304. The molecule has 0 saturated carbocycles. The Morgan fingerprint density at radius 3 is 3.11 bits per heavy atom. The molecule has 3 N–H and O–H groups in total. The number of unbranched alkanes of at least 4 members (excludes halogenated alkanes) is 1. The van der Waals surface area contributed by atoms with Crippen LogP contribution in [-0.2, 0) is 4.79 Å². The molecule has 2 heterocycles. The molecule has 0 radical (unpaired) electrons. The topological polar surface area (TPSA) is 70.2 Å². The summed E-state index contributed by atoms with van der Waals surface area (Å²) in [5.41, 5.74) is 0. The van der Waals surface area contributed by atoms with Crippen LogP contribution in [-0.4, -0.2) is 41.6 Å². The van der Waals surface area contributed by atoms with Gasteiger partial charge in [0.25, 0.3) is 0 Å². The highest BCUT2D eigenvalue weighted by Crippen LogP contribution is 2.33. The molecule has 0 aromatic rings. The van der Waals surface area contributed by atoms with Crippen molar-refractivity contribution >= 4 is 23.7 Å². The van der Waals surface area contributed by atoms with Crippen molar-refractivity contribution in [3.05, 3.63) is 0 Å². The van der Waals surface area contributed by atoms with Crippen molar-refractivity contribution in [3.63, 3.8) is 0 Å². The van der Waals surface area contributed by atoms with Crippen molar-refractivity contribution < 1.29 is 9.59 Å². The molecule has 2 rings (SSSR count). The van der Waals surface area contributed by atoms with Crippen LogP contribution in [0.4, 0.5) is 4.79 Å². The third-order valence-corrected chi connectivity index (χ3v) is 4.98. The second-order valence-corrected chi connectivity index (χ2v) is 6.12. The lowest BCUT2D eigenvalue weighted by Crippen LogP contribution is -2.36. The Morgan fingerprint density at radius 1 is 1.47 bits per heavy atom. The number of carbonyl (C=O) groups is 2. The fourth-order valence-corrected chi connectivity index (χ4v) is 4.06. The van der Waals surface area contributed by atoms with Crippen molar-refractivity contribution in [2.45, 2.75) is 43.0 Å². The van der Waals surface area contributed by atoms with Gasteiger partial charge < -0.3 is 16.0 Å². The summed E-state index contributed by atoms with van der Waals surface area (Å²) in [5, 5.41) is 9.02. The highest BCUT2D eigenvalue weighted by atomic mass is 32.2. The first-order valence-electron chi connectivity index (χ1n) is 6.59. The zero-order chi connectivity index (χ0) is 13.7. The molecule has 0 aromatic heterocycles. The van der Waals surface area contributed by atoms with Gasteiger partial charge >= 0.3 is 6.03 Å². The summed E-state index contributed by atoms with van der Waals surface area (Å²) in [4.78, 5) is 22.6. The van der Waals surface area contributed by atoms with Crippen molar-refractivity contribution in [1.29, 1.82) is 0 Å². The van der Waals surface area contributed by atoms with Crippen LogP contribution in [0.3, 0.4) is 0 Å². The van der Waals surface area contributed by atoms with E-state index in [0.717, 1.165) is 25.0 Å². The van der Waals surface area contributed by atoms with Crippen LogP contribution in [0.5, 0.6) is 0 Å². The quantitative estimate of drug-likeness (QED) is 0.376. The second kappa shape index (κ2) is 6.71. The SMILES string of the molecule is C#CCNC(=O)CCCC[C@@H]1SCC2NC(=O)N[C@H]21. The summed E-state index contributed by atoms with van der Waals surface area (Å²) in [6, 6.07) is 0.489. The van der Waals surface area contributed by atoms with Crippen LogP contribution in [0.2, 0.25) is 0 Å². The maximum atomic E-state index is 11.3. The van der Waals surface area contributed by atoms with Gasteiger partial charge in [-0.05, 0) is 12.8 Å². The van der Waals surface area contributed by atoms with Gasteiger partial charge in [-0.25, -0.2) is 4.79 Å². The molecule has 0 spiro atoms. The number of hydrogen-bond acceptors (Lipinski definition) is 3. The number of fused-ring (bicyclic) bond motifs is 1. The van der Waals surface area contributed by atoms with E-state index >= 15 is 0 Å². The van der Waals surface area contributed by atoms with E-state index in [1.807, 2.05) is 11.8 Å². The second-order valence-electron chi connectivity index (χ2n) is 4.85. The molecular formula is C13H19N3O2S. The largest absolute Gasteiger partial charge is 0.345 e. The predicted octanol–water partition coefficient (Wildman–Crippen LogP) is 0.462. The van der Waals surface area contributed by atoms with Crippen LogP contribution in [0.15, 0.2) is 0 Å². The zero-order valence-electron chi connectivity index (χ0n) is 10.8. The molecule has 2 fully saturated rings. The number of hydrogen-bond donors (Lipinski definition) is 3. The van der Waals surface area contributed by atoms with Gasteiger partial charge in [0.1, 0.15) is 0 Å². The van der Waals surface area contributed by atoms with Gasteiger partial charge in [0.2, 0.25) is 5.91 Å². The number of carbonyl (C=O) groups excluding carboxylic acids is 2. The van der Waals surface area contributed by atoms with Gasteiger partial charge in [-0.1, -0.05) is 12.3 Å². The molecule has 19 heavy (non-hydrogen) atoms. The lowest BCUT2D eigenvalue weighted by molar-refractivity contribution is -0.120. The van der Waals surface area contributed by atoms with Crippen LogP contribution in [0.1, 0.15) is 25.7 Å². The van der Waals surface area contributed by atoms with Gasteiger partial charge in [-0.3, -0.25) is 4.79 Å². The van der Waals surface area contributed by atoms with E-state index in [-0.39, 0.29) is 24.0 Å². The van der Waals surface area contributed by atoms with E-state index in [0.29, 0.717) is 18.2 Å². The highest BCUT2D eigenvalue weighted by molar-refractivity contribution is 8.00. The molecular weight excluding hydrogens is 262 g/mol. The summed E-state index contributed by atoms with van der Waals surface area (Å²) in [6.07, 6.45) is 8.50. The third-order valence-electron chi connectivity index (χ3n) is 3.47. The first-order valence-corrected chi connectivity index (χ1v) is 7.64. The van der Waals surface area contributed by atoms with E-state index < -0.39 is 0 Å². The molecule has 3 amide bonds. The van der Waals surface area contributed by atoms with Crippen LogP contribution >= 0.6 is 11.8 Å². The standard InChI is InChI=1S/C13H19N3O2S/c1-2-7-14-11(17)6-4-3-5-10-12-9(8-19-10)15-13(18)16-12/h1,9-10,12H,3-8H2,(H,14,17)(H2,15,16,18)/t9?,10-,12+/m0/s1. The molecule has 2 saturated heterocycles. The molecule has 3 atom stereocenters. The zero-order valence-corrected chi connectivity index (χ0v) is 11.6. The molecule has 5 nitrogen and oxygen atoms in total. The first kappa shape index (κ1) is 14.1. The predicted molar refractivity (Wildman–Crippen MR) is 75.8 cm³/mol. The number of terminal acetylenes is 1. The van der Waals surface area contributed by atoms with Crippen molar-refractivity contribution in [2.75, 3.05) is 12.3 Å². The van der Waals surface area contributed by atoms with E-state index in [1.54, 1.807) is 0 Å². The minimum atomic E-state index is -0.0473. The summed E-state index contributed by atoms with van der Waals surface area (Å²) in [7, 11) is 0. The van der Waals surface area contributed by atoms with E-state index in [4.69, 9.17) is 6.42 Å². The minimum Gasteiger partial charge on any atom is -0.345 e. The Morgan fingerprint density at radius 2 is 2.32 bits per heavy atom. The van der Waals surface area contributed by atoms with Gasteiger partial charge in [0.15, 0.2) is 0 Å². The average Bonchev–Trinajstić information content (AvgIpc) is 2.92. The normalized spacial score (nSPS) is 28.2. The van der Waals surface area contributed by atoms with Crippen molar-refractivity contribution in [2.24, 2.45) is 0 Å². The van der Waals surface area contributed by atoms with Crippen LogP contribution in [0, 0.1) is 12.3 Å². The molecule has 1 unspecified atom stereocenters. The number of rotatable bonds is 6. The van der Waals surface area contributed by atoms with E-state index in [2.05, 4.69) is 21.9 Å². The smallest absolute Gasteiger partial charge is 0.315 e. The fraction of sp³-hybridized carbons (Fsp3) is 0.692. The van der Waals surface area contributed by atoms with Crippen molar-refractivity contribution in [1.82, 2.24) is 16.0 Å². The number of nitrogens with one attached hydrogen (secondary N) is 3. The summed E-state index contributed by atoms with van der Waals surface area (Å²) >= 11 is 1.90. The lowest BCUT2D eigenvalue weighted by atomic mass is 10.0. The molecule has 0 aliphatic carbocycles. The van der Waals surface area contributed by atoms with E-state index in [1.165, 1.54) is 0 Å². The Hall–Kier alpha value is -1.35. The van der Waals surface area contributed by atoms with Gasteiger partial charge in [0.05, 0.1) is 18.6 Å². The minimum absolute atomic E-state index is 0.0192. The Bertz CT molecular complexity index is 394. The molecule has 0 aromatic carbocycles. The fourth-order valence-electron chi connectivity index (χ4n) is 2.51. The van der Waals surface area contributed by atoms with E-state index in [9.17, 15) is 9.59 Å². The number of urea groups is 1. The maximum Gasteiger partial charge on any atom is 0.315 e. The third kappa shape index (κ3) is 3.80. The number of thioether (sulfide) groups is 1. The van der Waals surface area contributed by atoms with Crippen LogP contribution < -0.4 is 16.0 Å². The highest BCUT2D eigenvalue weighted by Gasteiger charge is 2.42. The molecule has 6 heteroatoms. The van der Waals surface area contributed by atoms with Gasteiger partial charge in [-0.15, -0.1) is 6.42 Å². The Labute approximate surface area is 117 Å². The van der Waals surface area contributed by atoms with Gasteiger partial charge in [-0.2, -0.15) is 11.8 Å². The lowest BCUT2D eigenvalue weighted by Gasteiger charge is -2.16. The Kier molecular flexibility index (Phi) is 4.97. The number of amides is 3. The first-order chi connectivity index (χ1) is 9.20. The van der Waals surface area contributed by atoms with Crippen molar-refractivity contribution in [3.8, 4) is 12.3 Å². The Balaban J connectivity index is 1.60. The average molecular weight is 281 g/mol. The molecule has 2 aliphatic rings. The van der Waals surface area contributed by atoms with Crippen LogP contribution in [0.25, 0.3) is 0 Å². The maximum absolute atomic E-state index is 11.3. The molecule has 0 bridgehead atoms. The molecule has 2 aliphatic heterocycles. The monoisotopic (exact) mass is 281 g/mol. The molecule has 104 valence electrons. The summed E-state index contributed by atoms with van der Waals surface area (Å²) < 4.78 is 0. The van der Waals surface area contributed by atoms with Gasteiger partial charge in [0, 0.05) is 17.4 Å².